The molecule has 0 heterocycles. The van der Waals surface area contributed by atoms with E-state index >= 15 is 0 Å². The van der Waals surface area contributed by atoms with Crippen LogP contribution in [0.2, 0.25) is 0 Å². The van der Waals surface area contributed by atoms with E-state index in [9.17, 15) is 0 Å². The predicted molar refractivity (Wildman–Crippen MR) is 184 cm³/mol. The Hall–Kier alpha value is 0. The number of hydrogen-bond donors (Lipinski definition) is 0. The number of hydrogen-bond acceptors (Lipinski definition) is 0. The minimum atomic E-state index is 0.576. The molecule has 0 amide bonds. The molecule has 0 aromatic heterocycles. The molecule has 0 aromatic carbocycles. The van der Waals surface area contributed by atoms with Gasteiger partial charge in [-0.1, -0.05) is 191 Å². The highest BCUT2D eigenvalue weighted by Crippen LogP contribution is 2.46. The zero-order chi connectivity index (χ0) is 30.0. The first-order chi connectivity index (χ1) is 18.9. The summed E-state index contributed by atoms with van der Waals surface area (Å²) in [7, 11) is 0. The summed E-state index contributed by atoms with van der Waals surface area (Å²) in [5, 5.41) is 0. The van der Waals surface area contributed by atoms with Gasteiger partial charge in [-0.2, -0.15) is 0 Å². The Balaban J connectivity index is 1.99. The molecule has 240 valence electrons. The van der Waals surface area contributed by atoms with Crippen molar-refractivity contribution in [1.29, 1.82) is 0 Å². The van der Waals surface area contributed by atoms with Crippen LogP contribution in [0.15, 0.2) is 0 Å². The van der Waals surface area contributed by atoms with E-state index in [1.165, 1.54) is 135 Å². The third-order valence-corrected chi connectivity index (χ3v) is 11.4. The van der Waals surface area contributed by atoms with Gasteiger partial charge in [-0.15, -0.1) is 0 Å². The Labute approximate surface area is 256 Å². The van der Waals surface area contributed by atoms with E-state index in [0.29, 0.717) is 5.41 Å². The lowest BCUT2D eigenvalue weighted by molar-refractivity contribution is 0.0706. The fourth-order valence-electron chi connectivity index (χ4n) is 8.20. The van der Waals surface area contributed by atoms with E-state index in [2.05, 4.69) is 69.2 Å². The van der Waals surface area contributed by atoms with Crippen LogP contribution >= 0.6 is 0 Å². The van der Waals surface area contributed by atoms with Crippen molar-refractivity contribution in [3.63, 3.8) is 0 Å². The molecule has 0 spiro atoms. The molecule has 1 fully saturated rings. The van der Waals surface area contributed by atoms with Crippen LogP contribution in [0.1, 0.15) is 204 Å². The van der Waals surface area contributed by atoms with Gasteiger partial charge in [0, 0.05) is 0 Å². The normalized spacial score (nSPS) is 23.2. The van der Waals surface area contributed by atoms with Crippen LogP contribution in [0.25, 0.3) is 0 Å². The molecular weight excluding hydrogens is 480 g/mol. The molecule has 1 aliphatic rings. The first-order valence-electron chi connectivity index (χ1n) is 18.9. The number of unbranched alkanes of at least 4 members (excludes halogenated alkanes) is 1. The SMILES string of the molecule is CC(C)CCCC(C)CCCC(C)CCCC(C)CCCCC(C)CCCC(C)CCC1C(C)CCCC1(C)C. The molecule has 0 nitrogen and oxygen atoms in total. The van der Waals surface area contributed by atoms with E-state index in [4.69, 9.17) is 0 Å². The van der Waals surface area contributed by atoms with Crippen LogP contribution in [0.3, 0.4) is 0 Å². The van der Waals surface area contributed by atoms with E-state index in [-0.39, 0.29) is 0 Å². The molecule has 1 rings (SSSR count). The Kier molecular flexibility index (Phi) is 20.6. The van der Waals surface area contributed by atoms with Crippen LogP contribution < -0.4 is 0 Å². The molecule has 0 N–H and O–H groups in total. The lowest BCUT2D eigenvalue weighted by Gasteiger charge is -2.43. The highest BCUT2D eigenvalue weighted by atomic mass is 14.4. The molecule has 1 aliphatic carbocycles. The van der Waals surface area contributed by atoms with Crippen LogP contribution in [0.4, 0.5) is 0 Å². The van der Waals surface area contributed by atoms with Gasteiger partial charge in [-0.05, 0) is 65.6 Å². The van der Waals surface area contributed by atoms with E-state index in [1.54, 1.807) is 0 Å². The Morgan fingerprint density at radius 3 is 1.23 bits per heavy atom. The Morgan fingerprint density at radius 1 is 0.500 bits per heavy atom. The summed E-state index contributed by atoms with van der Waals surface area (Å²) < 4.78 is 0. The Bertz CT molecular complexity index is 573. The molecule has 0 saturated heterocycles. The minimum absolute atomic E-state index is 0.576. The zero-order valence-electron chi connectivity index (χ0n) is 30.0. The summed E-state index contributed by atoms with van der Waals surface area (Å²) >= 11 is 0. The average molecular weight is 561 g/mol. The molecule has 0 aliphatic heterocycles. The highest BCUT2D eigenvalue weighted by molar-refractivity contribution is 4.86. The smallest absolute Gasteiger partial charge is 0.0323 e. The molecular formula is C40H80. The first-order valence-corrected chi connectivity index (χ1v) is 18.9. The predicted octanol–water partition coefficient (Wildman–Crippen LogP) is 14.3. The van der Waals surface area contributed by atoms with Gasteiger partial charge >= 0.3 is 0 Å². The second-order valence-electron chi connectivity index (χ2n) is 17.0. The van der Waals surface area contributed by atoms with Crippen molar-refractivity contribution in [2.75, 3.05) is 0 Å². The molecule has 0 radical (unpaired) electrons. The molecule has 40 heavy (non-hydrogen) atoms. The third-order valence-electron chi connectivity index (χ3n) is 11.4. The summed E-state index contributed by atoms with van der Waals surface area (Å²) in [5.41, 5.74) is 0.576. The van der Waals surface area contributed by atoms with Crippen LogP contribution in [-0.4, -0.2) is 0 Å². The van der Waals surface area contributed by atoms with Gasteiger partial charge in [-0.3, -0.25) is 0 Å². The van der Waals surface area contributed by atoms with Crippen LogP contribution in [-0.2, 0) is 0 Å². The van der Waals surface area contributed by atoms with Crippen molar-refractivity contribution in [2.45, 2.75) is 204 Å². The maximum Gasteiger partial charge on any atom is -0.0323 e. The number of rotatable bonds is 24. The summed E-state index contributed by atoms with van der Waals surface area (Å²) in [6.07, 6.45) is 30.5. The van der Waals surface area contributed by atoms with Crippen molar-refractivity contribution < 1.29 is 0 Å². The standard InChI is InChI=1S/C40H80/c1-32(2)18-13-21-35(5)24-15-26-36(6)25-14-22-33(3)19-11-12-20-34(4)23-16-27-37(7)29-30-39-38(8)28-17-31-40(39,9)10/h32-39H,11-31H2,1-10H3. The highest BCUT2D eigenvalue weighted by Gasteiger charge is 2.36. The molecule has 1 saturated carbocycles. The summed E-state index contributed by atoms with van der Waals surface area (Å²) in [6, 6.07) is 0. The van der Waals surface area contributed by atoms with Crippen LogP contribution in [0.5, 0.6) is 0 Å². The fourth-order valence-corrected chi connectivity index (χ4v) is 8.20. The minimum Gasteiger partial charge on any atom is -0.0628 e. The topological polar surface area (TPSA) is 0 Å². The average Bonchev–Trinajstić information content (AvgIpc) is 2.85. The largest absolute Gasteiger partial charge is 0.0628 e. The zero-order valence-corrected chi connectivity index (χ0v) is 30.0. The van der Waals surface area contributed by atoms with Gasteiger partial charge < -0.3 is 0 Å². The van der Waals surface area contributed by atoms with Gasteiger partial charge in [0.1, 0.15) is 0 Å². The van der Waals surface area contributed by atoms with E-state index < -0.39 is 0 Å². The Morgan fingerprint density at radius 2 is 0.850 bits per heavy atom. The van der Waals surface area contributed by atoms with Crippen molar-refractivity contribution in [1.82, 2.24) is 0 Å². The van der Waals surface area contributed by atoms with Gasteiger partial charge in [0.15, 0.2) is 0 Å². The first kappa shape index (κ1) is 38.0. The van der Waals surface area contributed by atoms with Crippen molar-refractivity contribution >= 4 is 0 Å². The van der Waals surface area contributed by atoms with Gasteiger partial charge in [0.25, 0.3) is 0 Å². The monoisotopic (exact) mass is 561 g/mol. The van der Waals surface area contributed by atoms with E-state index in [1.807, 2.05) is 0 Å². The van der Waals surface area contributed by atoms with Crippen molar-refractivity contribution in [3.8, 4) is 0 Å². The lowest BCUT2D eigenvalue weighted by atomic mass is 9.62. The van der Waals surface area contributed by atoms with Gasteiger partial charge in [0.05, 0.1) is 0 Å². The summed E-state index contributed by atoms with van der Waals surface area (Å²) in [5.74, 6) is 7.42. The van der Waals surface area contributed by atoms with Crippen molar-refractivity contribution in [2.24, 2.45) is 52.8 Å². The molecule has 0 bridgehead atoms. The maximum absolute atomic E-state index is 2.54. The molecule has 7 atom stereocenters. The molecule has 7 unspecified atom stereocenters. The summed E-state index contributed by atoms with van der Waals surface area (Å²) in [6.45, 7) is 24.9. The van der Waals surface area contributed by atoms with Gasteiger partial charge in [0.2, 0.25) is 0 Å². The molecule has 0 heteroatoms. The lowest BCUT2D eigenvalue weighted by Crippen LogP contribution is -2.33. The van der Waals surface area contributed by atoms with E-state index in [0.717, 1.165) is 47.3 Å². The second kappa shape index (κ2) is 21.7. The summed E-state index contributed by atoms with van der Waals surface area (Å²) in [4.78, 5) is 0. The maximum atomic E-state index is 2.54. The second-order valence-corrected chi connectivity index (χ2v) is 17.0. The molecule has 0 aromatic rings. The van der Waals surface area contributed by atoms with Gasteiger partial charge in [-0.25, -0.2) is 0 Å². The quantitative estimate of drug-likeness (QED) is 0.103. The van der Waals surface area contributed by atoms with Crippen LogP contribution in [0, 0.1) is 52.8 Å². The fraction of sp³-hybridized carbons (Fsp3) is 1.00. The van der Waals surface area contributed by atoms with Crippen molar-refractivity contribution in [3.05, 3.63) is 0 Å². The third kappa shape index (κ3) is 18.5.